The minimum Gasteiger partial charge on any atom is -0.493 e. The Labute approximate surface area is 144 Å². The van der Waals surface area contributed by atoms with Crippen molar-refractivity contribution >= 4 is 5.91 Å². The summed E-state index contributed by atoms with van der Waals surface area (Å²) in [5, 5.41) is 3.67. The molecule has 0 aromatic heterocycles. The Kier molecular flexibility index (Phi) is 8.18. The van der Waals surface area contributed by atoms with Gasteiger partial charge in [-0.3, -0.25) is 9.80 Å². The molecule has 0 heterocycles. The van der Waals surface area contributed by atoms with E-state index in [2.05, 4.69) is 0 Å². The first-order valence-electron chi connectivity index (χ1n) is 8.04. The van der Waals surface area contributed by atoms with Crippen LogP contribution in [0.5, 0.6) is 23.0 Å². The maximum atomic E-state index is 12.4. The van der Waals surface area contributed by atoms with Crippen LogP contribution < -0.4 is 18.9 Å². The fourth-order valence-corrected chi connectivity index (χ4v) is 2.46. The molecule has 1 amide bonds. The zero-order valence-corrected chi connectivity index (χ0v) is 15.4. The third kappa shape index (κ3) is 4.67. The Morgan fingerprint density at radius 1 is 0.917 bits per heavy atom. The summed E-state index contributed by atoms with van der Waals surface area (Å²) < 4.78 is 21.5. The highest BCUT2D eigenvalue weighted by molar-refractivity contribution is 5.77. The van der Waals surface area contributed by atoms with Crippen LogP contribution in [0.15, 0.2) is 12.1 Å². The Bertz CT molecular complexity index is 507. The third-order valence-corrected chi connectivity index (χ3v) is 3.66. The largest absolute Gasteiger partial charge is 0.493 e. The minimum absolute atomic E-state index is 0.0665. The van der Waals surface area contributed by atoms with Gasteiger partial charge in [-0.25, -0.2) is 5.01 Å². The lowest BCUT2D eigenvalue weighted by Crippen LogP contribution is -2.48. The normalized spacial score (nSPS) is 10.5. The molecular formula is C17H28N2O5. The van der Waals surface area contributed by atoms with E-state index in [1.54, 1.807) is 17.1 Å². The van der Waals surface area contributed by atoms with Crippen molar-refractivity contribution in [2.75, 3.05) is 47.6 Å². The Hall–Kier alpha value is -2.15. The summed E-state index contributed by atoms with van der Waals surface area (Å²) in [6.07, 6.45) is 0. The van der Waals surface area contributed by atoms with Crippen LogP contribution in [0.3, 0.4) is 0 Å². The van der Waals surface area contributed by atoms with E-state index in [0.717, 1.165) is 13.1 Å². The van der Waals surface area contributed by atoms with Gasteiger partial charge in [0.1, 0.15) is 5.75 Å². The van der Waals surface area contributed by atoms with Gasteiger partial charge in [-0.2, -0.15) is 0 Å². The van der Waals surface area contributed by atoms with Gasteiger partial charge in [0.15, 0.2) is 18.1 Å². The van der Waals surface area contributed by atoms with Crippen molar-refractivity contribution in [1.82, 2.24) is 10.0 Å². The molecule has 0 fully saturated rings. The van der Waals surface area contributed by atoms with E-state index >= 15 is 0 Å². The molecule has 0 aliphatic carbocycles. The molecule has 24 heavy (non-hydrogen) atoms. The van der Waals surface area contributed by atoms with Crippen molar-refractivity contribution in [3.8, 4) is 23.0 Å². The molecule has 0 aliphatic rings. The van der Waals surface area contributed by atoms with Gasteiger partial charge in [0.05, 0.1) is 21.3 Å². The van der Waals surface area contributed by atoms with Gasteiger partial charge < -0.3 is 18.9 Å². The first kappa shape index (κ1) is 19.9. The zero-order chi connectivity index (χ0) is 18.1. The summed E-state index contributed by atoms with van der Waals surface area (Å²) in [6.45, 7) is 8.03. The molecule has 0 spiro atoms. The highest BCUT2D eigenvalue weighted by Gasteiger charge is 2.19. The molecule has 0 bridgehead atoms. The van der Waals surface area contributed by atoms with Gasteiger partial charge >= 0.3 is 0 Å². The molecule has 0 saturated heterocycles. The molecule has 1 aromatic rings. The van der Waals surface area contributed by atoms with Crippen LogP contribution in [0.1, 0.15) is 20.8 Å². The van der Waals surface area contributed by atoms with Crippen LogP contribution >= 0.6 is 0 Å². The average Bonchev–Trinajstić information content (AvgIpc) is 2.62. The van der Waals surface area contributed by atoms with Gasteiger partial charge in [0.25, 0.3) is 5.91 Å². The van der Waals surface area contributed by atoms with Crippen LogP contribution in [0.25, 0.3) is 0 Å². The van der Waals surface area contributed by atoms with Crippen LogP contribution in [-0.2, 0) is 4.79 Å². The summed E-state index contributed by atoms with van der Waals surface area (Å²) in [6, 6.07) is 3.34. The fourth-order valence-electron chi connectivity index (χ4n) is 2.46. The first-order chi connectivity index (χ1) is 11.6. The Morgan fingerprint density at radius 3 is 1.83 bits per heavy atom. The molecule has 136 valence electrons. The highest BCUT2D eigenvalue weighted by Crippen LogP contribution is 2.40. The summed E-state index contributed by atoms with van der Waals surface area (Å²) in [5.74, 6) is 1.83. The molecule has 7 heteroatoms. The van der Waals surface area contributed by atoms with Crippen molar-refractivity contribution < 1.29 is 23.7 Å². The minimum atomic E-state index is -0.102. The molecule has 0 N–H and O–H groups in total. The van der Waals surface area contributed by atoms with Crippen LogP contribution in [-0.4, -0.2) is 63.5 Å². The number of hydrogen-bond donors (Lipinski definition) is 0. The molecule has 0 saturated carbocycles. The molecule has 0 unspecified atom stereocenters. The van der Waals surface area contributed by atoms with E-state index in [4.69, 9.17) is 18.9 Å². The van der Waals surface area contributed by atoms with Crippen molar-refractivity contribution in [2.24, 2.45) is 0 Å². The number of rotatable bonds is 10. The molecule has 1 aromatic carbocycles. The topological polar surface area (TPSA) is 60.5 Å². The van der Waals surface area contributed by atoms with Crippen molar-refractivity contribution in [3.63, 3.8) is 0 Å². The summed E-state index contributed by atoms with van der Waals surface area (Å²) >= 11 is 0. The SMILES string of the molecule is CCN(CC)N(CC)C(=O)COc1cc(OC)c(OC)c(OC)c1. The van der Waals surface area contributed by atoms with Crippen LogP contribution in [0, 0.1) is 0 Å². The molecule has 0 aliphatic heterocycles. The fraction of sp³-hybridized carbons (Fsp3) is 0.588. The number of hydrazine groups is 1. The third-order valence-electron chi connectivity index (χ3n) is 3.66. The Morgan fingerprint density at radius 2 is 1.46 bits per heavy atom. The molecule has 0 atom stereocenters. The smallest absolute Gasteiger partial charge is 0.274 e. The number of likely N-dealkylation sites (N-methyl/N-ethyl adjacent to an activating group) is 1. The second-order valence-electron chi connectivity index (χ2n) is 4.90. The van der Waals surface area contributed by atoms with Crippen molar-refractivity contribution in [3.05, 3.63) is 12.1 Å². The average molecular weight is 340 g/mol. The maximum absolute atomic E-state index is 12.4. The summed E-state index contributed by atoms with van der Waals surface area (Å²) in [7, 11) is 4.60. The molecular weight excluding hydrogens is 312 g/mol. The second-order valence-corrected chi connectivity index (χ2v) is 4.90. The number of amides is 1. The van der Waals surface area contributed by atoms with E-state index in [1.165, 1.54) is 21.3 Å². The van der Waals surface area contributed by atoms with Crippen molar-refractivity contribution in [1.29, 1.82) is 0 Å². The lowest BCUT2D eigenvalue weighted by molar-refractivity contribution is -0.150. The van der Waals surface area contributed by atoms with Crippen molar-refractivity contribution in [2.45, 2.75) is 20.8 Å². The summed E-state index contributed by atoms with van der Waals surface area (Å²) in [5.41, 5.74) is 0. The monoisotopic (exact) mass is 340 g/mol. The van der Waals surface area contributed by atoms with E-state index in [-0.39, 0.29) is 12.5 Å². The molecule has 7 nitrogen and oxygen atoms in total. The van der Waals surface area contributed by atoms with E-state index in [0.29, 0.717) is 29.5 Å². The summed E-state index contributed by atoms with van der Waals surface area (Å²) in [4.78, 5) is 12.4. The maximum Gasteiger partial charge on any atom is 0.274 e. The lowest BCUT2D eigenvalue weighted by atomic mass is 10.2. The number of benzene rings is 1. The first-order valence-corrected chi connectivity index (χ1v) is 8.04. The lowest BCUT2D eigenvalue weighted by Gasteiger charge is -2.32. The second kappa shape index (κ2) is 9.87. The predicted octanol–water partition coefficient (Wildman–Crippen LogP) is 2.20. The highest BCUT2D eigenvalue weighted by atomic mass is 16.5. The van der Waals surface area contributed by atoms with Gasteiger partial charge in [0.2, 0.25) is 5.75 Å². The van der Waals surface area contributed by atoms with Gasteiger partial charge in [-0.05, 0) is 6.92 Å². The van der Waals surface area contributed by atoms with Crippen LogP contribution in [0.4, 0.5) is 0 Å². The van der Waals surface area contributed by atoms with E-state index in [9.17, 15) is 4.79 Å². The Balaban J connectivity index is 2.88. The number of ether oxygens (including phenoxy) is 4. The van der Waals surface area contributed by atoms with Gasteiger partial charge in [0, 0.05) is 31.8 Å². The quantitative estimate of drug-likeness (QED) is 0.609. The number of carbonyl (C=O) groups excluding carboxylic acids is 1. The van der Waals surface area contributed by atoms with E-state index < -0.39 is 0 Å². The number of methoxy groups -OCH3 is 3. The number of nitrogens with zero attached hydrogens (tertiary/aromatic N) is 2. The number of carbonyl (C=O) groups is 1. The molecule has 0 radical (unpaired) electrons. The van der Waals surface area contributed by atoms with Gasteiger partial charge in [-0.1, -0.05) is 13.8 Å². The standard InChI is InChI=1S/C17H28N2O5/c1-7-18(8-2)19(9-3)16(20)12-24-13-10-14(21-4)17(23-6)15(11-13)22-5/h10-11H,7-9,12H2,1-6H3. The number of hydrogen-bond acceptors (Lipinski definition) is 6. The van der Waals surface area contributed by atoms with Crippen LogP contribution in [0.2, 0.25) is 0 Å². The van der Waals surface area contributed by atoms with E-state index in [1.807, 2.05) is 25.8 Å². The predicted molar refractivity (Wildman–Crippen MR) is 91.9 cm³/mol. The molecule has 1 rings (SSSR count). The van der Waals surface area contributed by atoms with Gasteiger partial charge in [-0.15, -0.1) is 0 Å². The zero-order valence-electron chi connectivity index (χ0n) is 15.4.